The highest BCUT2D eigenvalue weighted by molar-refractivity contribution is 5.99. The summed E-state index contributed by atoms with van der Waals surface area (Å²) >= 11 is 0. The van der Waals surface area contributed by atoms with Crippen LogP contribution in [0.1, 0.15) is 27.0 Å². The number of methoxy groups -OCH3 is 2. The van der Waals surface area contributed by atoms with Crippen LogP contribution in [0.5, 0.6) is 5.75 Å². The molecule has 0 radical (unpaired) electrons. The van der Waals surface area contributed by atoms with Crippen LogP contribution < -0.4 is 10.1 Å². The van der Waals surface area contributed by atoms with Crippen molar-refractivity contribution in [2.75, 3.05) is 14.2 Å². The molecule has 6 heteroatoms. The van der Waals surface area contributed by atoms with E-state index in [2.05, 4.69) is 5.32 Å². The van der Waals surface area contributed by atoms with Crippen LogP contribution in [-0.4, -0.2) is 29.9 Å². The summed E-state index contributed by atoms with van der Waals surface area (Å²) in [5.74, 6) is 0.589. The maximum absolute atomic E-state index is 13.2. The molecule has 0 atom stereocenters. The zero-order valence-corrected chi connectivity index (χ0v) is 18.8. The molecule has 0 aliphatic heterocycles. The molecule has 168 valence electrons. The Hall–Kier alpha value is -3.90. The second-order valence-electron chi connectivity index (χ2n) is 7.74. The normalized spacial score (nSPS) is 10.7. The van der Waals surface area contributed by atoms with E-state index in [0.29, 0.717) is 31.0 Å². The van der Waals surface area contributed by atoms with Crippen molar-refractivity contribution in [3.05, 3.63) is 107 Å². The van der Waals surface area contributed by atoms with E-state index in [1.807, 2.05) is 89.7 Å². The number of carbonyl (C=O) groups is 1. The number of hydrogen-bond acceptors (Lipinski definition) is 4. The third kappa shape index (κ3) is 5.67. The first-order valence-corrected chi connectivity index (χ1v) is 10.8. The average Bonchev–Trinajstić information content (AvgIpc) is 3.28. The fourth-order valence-electron chi connectivity index (χ4n) is 3.60. The van der Waals surface area contributed by atoms with Gasteiger partial charge in [0.15, 0.2) is 0 Å². The molecule has 1 heterocycles. The van der Waals surface area contributed by atoms with Crippen LogP contribution in [0, 0.1) is 0 Å². The molecule has 4 aromatic rings. The predicted octanol–water partition coefficient (Wildman–Crippen LogP) is 4.68. The van der Waals surface area contributed by atoms with Crippen molar-refractivity contribution in [3.8, 4) is 17.0 Å². The van der Waals surface area contributed by atoms with Crippen molar-refractivity contribution < 1.29 is 14.3 Å². The summed E-state index contributed by atoms with van der Waals surface area (Å²) in [6.45, 7) is 1.58. The Morgan fingerprint density at radius 3 is 2.24 bits per heavy atom. The van der Waals surface area contributed by atoms with E-state index in [-0.39, 0.29) is 5.91 Å². The lowest BCUT2D eigenvalue weighted by Gasteiger charge is -2.07. The summed E-state index contributed by atoms with van der Waals surface area (Å²) in [4.78, 5) is 13.2. The van der Waals surface area contributed by atoms with Crippen molar-refractivity contribution >= 4 is 5.91 Å². The summed E-state index contributed by atoms with van der Waals surface area (Å²) in [5.41, 5.74) is 5.26. The number of rotatable bonds is 9. The number of amides is 1. The molecule has 6 nitrogen and oxygen atoms in total. The van der Waals surface area contributed by atoms with Crippen LogP contribution in [-0.2, 0) is 24.4 Å². The molecule has 0 bridgehead atoms. The van der Waals surface area contributed by atoms with E-state index in [4.69, 9.17) is 14.6 Å². The number of nitrogens with zero attached hydrogens (tertiary/aromatic N) is 2. The SMILES string of the molecule is COCc1ccc(CNC(=O)c2cn(Cc3ccccc3)nc2-c2ccc(OC)cc2)cc1. The molecule has 4 rings (SSSR count). The average molecular weight is 442 g/mol. The number of benzene rings is 3. The van der Waals surface area contributed by atoms with Gasteiger partial charge in [0, 0.05) is 25.4 Å². The zero-order chi connectivity index (χ0) is 23.0. The number of ether oxygens (including phenoxy) is 2. The summed E-state index contributed by atoms with van der Waals surface area (Å²) in [6, 6.07) is 25.6. The van der Waals surface area contributed by atoms with Crippen LogP contribution in [0.25, 0.3) is 11.3 Å². The molecule has 0 aliphatic carbocycles. The second-order valence-corrected chi connectivity index (χ2v) is 7.74. The second kappa shape index (κ2) is 10.6. The Morgan fingerprint density at radius 1 is 0.879 bits per heavy atom. The molecule has 0 unspecified atom stereocenters. The summed E-state index contributed by atoms with van der Waals surface area (Å²) in [7, 11) is 3.30. The smallest absolute Gasteiger partial charge is 0.255 e. The van der Waals surface area contributed by atoms with Gasteiger partial charge >= 0.3 is 0 Å². The Morgan fingerprint density at radius 2 is 1.58 bits per heavy atom. The molecule has 1 N–H and O–H groups in total. The first kappa shape index (κ1) is 22.3. The molecule has 0 saturated carbocycles. The highest BCUT2D eigenvalue weighted by Gasteiger charge is 2.18. The van der Waals surface area contributed by atoms with Gasteiger partial charge in [0.2, 0.25) is 0 Å². The Kier molecular flexibility index (Phi) is 7.17. The molecule has 3 aromatic carbocycles. The van der Waals surface area contributed by atoms with E-state index in [1.54, 1.807) is 14.2 Å². The number of aromatic nitrogens is 2. The maximum atomic E-state index is 13.2. The molecule has 33 heavy (non-hydrogen) atoms. The van der Waals surface area contributed by atoms with Crippen molar-refractivity contribution in [2.45, 2.75) is 19.7 Å². The molecule has 0 fully saturated rings. The molecule has 0 saturated heterocycles. The highest BCUT2D eigenvalue weighted by Crippen LogP contribution is 2.25. The van der Waals surface area contributed by atoms with Crippen LogP contribution in [0.15, 0.2) is 85.1 Å². The standard InChI is InChI=1S/C27H27N3O3/c1-32-19-22-10-8-20(9-11-22)16-28-27(31)25-18-30(17-21-6-4-3-5-7-21)29-26(25)23-12-14-24(33-2)15-13-23/h3-15,18H,16-17,19H2,1-2H3,(H,28,31). The third-order valence-corrected chi connectivity index (χ3v) is 5.34. The van der Waals surface area contributed by atoms with Crippen molar-refractivity contribution in [3.63, 3.8) is 0 Å². The topological polar surface area (TPSA) is 65.4 Å². The highest BCUT2D eigenvalue weighted by atomic mass is 16.5. The number of hydrogen-bond donors (Lipinski definition) is 1. The summed E-state index contributed by atoms with van der Waals surface area (Å²) < 4.78 is 12.2. The monoisotopic (exact) mass is 441 g/mol. The largest absolute Gasteiger partial charge is 0.497 e. The predicted molar refractivity (Wildman–Crippen MR) is 128 cm³/mol. The fourth-order valence-corrected chi connectivity index (χ4v) is 3.60. The molecular weight excluding hydrogens is 414 g/mol. The minimum absolute atomic E-state index is 0.166. The first-order valence-electron chi connectivity index (χ1n) is 10.8. The summed E-state index contributed by atoms with van der Waals surface area (Å²) in [6.07, 6.45) is 1.81. The Balaban J connectivity index is 1.56. The lowest BCUT2D eigenvalue weighted by Crippen LogP contribution is -2.23. The molecule has 0 spiro atoms. The van der Waals surface area contributed by atoms with Crippen molar-refractivity contribution in [2.24, 2.45) is 0 Å². The van der Waals surface area contributed by atoms with E-state index in [1.165, 1.54) is 0 Å². The van der Waals surface area contributed by atoms with Gasteiger partial charge in [-0.15, -0.1) is 0 Å². The van der Waals surface area contributed by atoms with Gasteiger partial charge in [-0.25, -0.2) is 0 Å². The van der Waals surface area contributed by atoms with Crippen LogP contribution in [0.4, 0.5) is 0 Å². The zero-order valence-electron chi connectivity index (χ0n) is 18.8. The van der Waals surface area contributed by atoms with E-state index < -0.39 is 0 Å². The molecule has 0 aliphatic rings. The van der Waals surface area contributed by atoms with E-state index in [0.717, 1.165) is 28.0 Å². The Labute approximate surface area is 193 Å². The van der Waals surface area contributed by atoms with Gasteiger partial charge in [0.05, 0.1) is 25.8 Å². The fraction of sp³-hybridized carbons (Fsp3) is 0.185. The van der Waals surface area contributed by atoms with Crippen molar-refractivity contribution in [1.82, 2.24) is 15.1 Å². The molecular formula is C27H27N3O3. The molecule has 1 amide bonds. The lowest BCUT2D eigenvalue weighted by atomic mass is 10.1. The van der Waals surface area contributed by atoms with Crippen LogP contribution in [0.2, 0.25) is 0 Å². The number of nitrogens with one attached hydrogen (secondary N) is 1. The van der Waals surface area contributed by atoms with Gasteiger partial charge in [0.1, 0.15) is 11.4 Å². The first-order chi connectivity index (χ1) is 16.2. The quantitative estimate of drug-likeness (QED) is 0.410. The van der Waals surface area contributed by atoms with Crippen LogP contribution >= 0.6 is 0 Å². The van der Waals surface area contributed by atoms with E-state index in [9.17, 15) is 4.79 Å². The van der Waals surface area contributed by atoms with Crippen LogP contribution in [0.3, 0.4) is 0 Å². The van der Waals surface area contributed by atoms with Gasteiger partial charge in [-0.3, -0.25) is 9.48 Å². The minimum atomic E-state index is -0.166. The van der Waals surface area contributed by atoms with Gasteiger partial charge in [-0.05, 0) is 41.0 Å². The number of carbonyl (C=O) groups excluding carboxylic acids is 1. The van der Waals surface area contributed by atoms with E-state index >= 15 is 0 Å². The van der Waals surface area contributed by atoms with Gasteiger partial charge in [-0.2, -0.15) is 5.10 Å². The van der Waals surface area contributed by atoms with Gasteiger partial charge in [-0.1, -0.05) is 54.6 Å². The van der Waals surface area contributed by atoms with Gasteiger partial charge in [0.25, 0.3) is 5.91 Å². The Bertz CT molecular complexity index is 1180. The van der Waals surface area contributed by atoms with Gasteiger partial charge < -0.3 is 14.8 Å². The van der Waals surface area contributed by atoms with Crippen molar-refractivity contribution in [1.29, 1.82) is 0 Å². The maximum Gasteiger partial charge on any atom is 0.255 e. The lowest BCUT2D eigenvalue weighted by molar-refractivity contribution is 0.0951. The minimum Gasteiger partial charge on any atom is -0.497 e. The summed E-state index contributed by atoms with van der Waals surface area (Å²) in [5, 5.41) is 7.77. The molecule has 1 aromatic heterocycles. The third-order valence-electron chi connectivity index (χ3n) is 5.34.